The van der Waals surface area contributed by atoms with Crippen LogP contribution in [0.5, 0.6) is 0 Å². The molecule has 0 saturated heterocycles. The van der Waals surface area contributed by atoms with Gasteiger partial charge in [0.05, 0.1) is 17.1 Å². The molecular formula is C11H14N2O3. The minimum Gasteiger partial charge on any atom is -0.394 e. The second-order valence-electron chi connectivity index (χ2n) is 4.32. The average molecular weight is 222 g/mol. The molecular weight excluding hydrogens is 208 g/mol. The number of hydrogen-bond donors (Lipinski definition) is 2. The first kappa shape index (κ1) is 10.9. The Morgan fingerprint density at radius 3 is 2.69 bits per heavy atom. The lowest BCUT2D eigenvalue weighted by molar-refractivity contribution is -0.385. The molecule has 0 aliphatic heterocycles. The zero-order chi connectivity index (χ0) is 11.8. The lowest BCUT2D eigenvalue weighted by Crippen LogP contribution is -2.25. The standard InChI is InChI=1S/C11H14N2O3/c1-8-6-9(2-3-10(8)13(15)16)12-11(7-14)4-5-11/h2-3,6,12,14H,4-5,7H2,1H3. The van der Waals surface area contributed by atoms with Crippen molar-refractivity contribution in [2.75, 3.05) is 11.9 Å². The van der Waals surface area contributed by atoms with Crippen LogP contribution in [-0.2, 0) is 0 Å². The summed E-state index contributed by atoms with van der Waals surface area (Å²) in [5.41, 5.74) is 1.39. The summed E-state index contributed by atoms with van der Waals surface area (Å²) in [5.74, 6) is 0. The van der Waals surface area contributed by atoms with Gasteiger partial charge in [0.1, 0.15) is 0 Å². The highest BCUT2D eigenvalue weighted by Gasteiger charge is 2.42. The van der Waals surface area contributed by atoms with Crippen molar-refractivity contribution in [1.29, 1.82) is 0 Å². The molecule has 16 heavy (non-hydrogen) atoms. The predicted octanol–water partition coefficient (Wildman–Crippen LogP) is 1.84. The van der Waals surface area contributed by atoms with Gasteiger partial charge in [0.2, 0.25) is 0 Å². The number of hydrogen-bond acceptors (Lipinski definition) is 4. The molecule has 5 heteroatoms. The van der Waals surface area contributed by atoms with E-state index in [1.807, 2.05) is 0 Å². The van der Waals surface area contributed by atoms with Gasteiger partial charge in [0.15, 0.2) is 0 Å². The summed E-state index contributed by atoms with van der Waals surface area (Å²) in [7, 11) is 0. The first-order chi connectivity index (χ1) is 7.56. The Kier molecular flexibility index (Phi) is 2.55. The van der Waals surface area contributed by atoms with E-state index in [2.05, 4.69) is 5.32 Å². The number of benzene rings is 1. The molecule has 1 aliphatic rings. The monoisotopic (exact) mass is 222 g/mol. The Balaban J connectivity index is 2.18. The fraction of sp³-hybridized carbons (Fsp3) is 0.455. The van der Waals surface area contributed by atoms with E-state index in [9.17, 15) is 10.1 Å². The van der Waals surface area contributed by atoms with Crippen LogP contribution in [0.4, 0.5) is 11.4 Å². The van der Waals surface area contributed by atoms with E-state index in [4.69, 9.17) is 5.11 Å². The molecule has 0 atom stereocenters. The Morgan fingerprint density at radius 1 is 1.56 bits per heavy atom. The lowest BCUT2D eigenvalue weighted by atomic mass is 10.1. The van der Waals surface area contributed by atoms with E-state index in [0.717, 1.165) is 18.5 Å². The normalized spacial score (nSPS) is 16.9. The van der Waals surface area contributed by atoms with Crippen molar-refractivity contribution in [3.63, 3.8) is 0 Å². The fourth-order valence-electron chi connectivity index (χ4n) is 1.72. The van der Waals surface area contributed by atoms with Crippen LogP contribution in [-0.4, -0.2) is 22.2 Å². The quantitative estimate of drug-likeness (QED) is 0.602. The SMILES string of the molecule is Cc1cc(NC2(CO)CC2)ccc1[N+](=O)[O-]. The molecule has 0 amide bonds. The molecule has 1 saturated carbocycles. The predicted molar refractivity (Wildman–Crippen MR) is 60.5 cm³/mol. The number of aliphatic hydroxyl groups is 1. The topological polar surface area (TPSA) is 75.4 Å². The van der Waals surface area contributed by atoms with E-state index in [0.29, 0.717) is 5.56 Å². The number of aliphatic hydroxyl groups excluding tert-OH is 1. The molecule has 0 aromatic heterocycles. The van der Waals surface area contributed by atoms with Crippen LogP contribution in [0.3, 0.4) is 0 Å². The Hall–Kier alpha value is -1.62. The van der Waals surface area contributed by atoms with Gasteiger partial charge in [0.25, 0.3) is 5.69 Å². The zero-order valence-corrected chi connectivity index (χ0v) is 9.06. The lowest BCUT2D eigenvalue weighted by Gasteiger charge is -2.16. The van der Waals surface area contributed by atoms with E-state index in [-0.39, 0.29) is 17.8 Å². The summed E-state index contributed by atoms with van der Waals surface area (Å²) in [5, 5.41) is 23.0. The van der Waals surface area contributed by atoms with E-state index in [1.165, 1.54) is 6.07 Å². The molecule has 1 aromatic carbocycles. The van der Waals surface area contributed by atoms with Crippen LogP contribution < -0.4 is 5.32 Å². The third kappa shape index (κ3) is 1.99. The van der Waals surface area contributed by atoms with Crippen molar-refractivity contribution < 1.29 is 10.0 Å². The Labute approximate surface area is 93.2 Å². The summed E-state index contributed by atoms with van der Waals surface area (Å²) < 4.78 is 0. The molecule has 1 aromatic rings. The smallest absolute Gasteiger partial charge is 0.272 e. The van der Waals surface area contributed by atoms with E-state index >= 15 is 0 Å². The molecule has 0 heterocycles. The minimum atomic E-state index is -0.391. The molecule has 2 rings (SSSR count). The van der Waals surface area contributed by atoms with Crippen LogP contribution in [0.15, 0.2) is 18.2 Å². The van der Waals surface area contributed by atoms with Gasteiger partial charge in [-0.25, -0.2) is 0 Å². The maximum Gasteiger partial charge on any atom is 0.272 e. The van der Waals surface area contributed by atoms with Crippen molar-refractivity contribution in [1.82, 2.24) is 0 Å². The van der Waals surface area contributed by atoms with E-state index < -0.39 is 4.92 Å². The zero-order valence-electron chi connectivity index (χ0n) is 9.06. The average Bonchev–Trinajstić information content (AvgIpc) is 2.98. The summed E-state index contributed by atoms with van der Waals surface area (Å²) in [4.78, 5) is 10.2. The molecule has 2 N–H and O–H groups in total. The van der Waals surface area contributed by atoms with Crippen molar-refractivity contribution in [2.24, 2.45) is 0 Å². The Morgan fingerprint density at radius 2 is 2.25 bits per heavy atom. The van der Waals surface area contributed by atoms with Crippen molar-refractivity contribution >= 4 is 11.4 Å². The van der Waals surface area contributed by atoms with Gasteiger partial charge in [-0.3, -0.25) is 10.1 Å². The Bertz CT molecular complexity index is 427. The van der Waals surface area contributed by atoms with E-state index in [1.54, 1.807) is 19.1 Å². The van der Waals surface area contributed by atoms with Crippen LogP contribution in [0.25, 0.3) is 0 Å². The minimum absolute atomic E-state index is 0.100. The second kappa shape index (κ2) is 3.75. The van der Waals surface area contributed by atoms with Crippen molar-refractivity contribution in [2.45, 2.75) is 25.3 Å². The van der Waals surface area contributed by atoms with Gasteiger partial charge in [-0.1, -0.05) is 0 Å². The second-order valence-corrected chi connectivity index (χ2v) is 4.32. The molecule has 1 fully saturated rings. The largest absolute Gasteiger partial charge is 0.394 e. The number of nitro benzene ring substituents is 1. The van der Waals surface area contributed by atoms with Crippen LogP contribution >= 0.6 is 0 Å². The highest BCUT2D eigenvalue weighted by atomic mass is 16.6. The number of rotatable bonds is 4. The fourth-order valence-corrected chi connectivity index (χ4v) is 1.72. The first-order valence-electron chi connectivity index (χ1n) is 5.20. The van der Waals surface area contributed by atoms with Gasteiger partial charge in [-0.2, -0.15) is 0 Å². The number of aryl methyl sites for hydroxylation is 1. The third-order valence-corrected chi connectivity index (χ3v) is 2.96. The number of anilines is 1. The third-order valence-electron chi connectivity index (χ3n) is 2.96. The van der Waals surface area contributed by atoms with Crippen LogP contribution in [0, 0.1) is 17.0 Å². The van der Waals surface area contributed by atoms with Gasteiger partial charge in [0, 0.05) is 17.3 Å². The summed E-state index contributed by atoms with van der Waals surface area (Å²) in [6.07, 6.45) is 1.89. The molecule has 0 radical (unpaired) electrons. The number of nitro groups is 1. The maximum atomic E-state index is 10.6. The van der Waals surface area contributed by atoms with Crippen molar-refractivity contribution in [3.05, 3.63) is 33.9 Å². The van der Waals surface area contributed by atoms with Gasteiger partial charge < -0.3 is 10.4 Å². The van der Waals surface area contributed by atoms with Gasteiger partial charge in [-0.15, -0.1) is 0 Å². The highest BCUT2D eigenvalue weighted by Crippen LogP contribution is 2.38. The van der Waals surface area contributed by atoms with Crippen LogP contribution in [0.2, 0.25) is 0 Å². The molecule has 0 bridgehead atoms. The van der Waals surface area contributed by atoms with Crippen molar-refractivity contribution in [3.8, 4) is 0 Å². The molecule has 0 spiro atoms. The summed E-state index contributed by atoms with van der Waals surface area (Å²) >= 11 is 0. The van der Waals surface area contributed by atoms with Crippen LogP contribution in [0.1, 0.15) is 18.4 Å². The molecule has 1 aliphatic carbocycles. The molecule has 5 nitrogen and oxygen atoms in total. The van der Waals surface area contributed by atoms with Gasteiger partial charge in [-0.05, 0) is 31.9 Å². The highest BCUT2D eigenvalue weighted by molar-refractivity contribution is 5.55. The first-order valence-corrected chi connectivity index (χ1v) is 5.20. The summed E-state index contributed by atoms with van der Waals surface area (Å²) in [6.45, 7) is 1.81. The van der Waals surface area contributed by atoms with Gasteiger partial charge >= 0.3 is 0 Å². The number of nitrogens with zero attached hydrogens (tertiary/aromatic N) is 1. The maximum absolute atomic E-state index is 10.6. The molecule has 0 unspecified atom stereocenters. The summed E-state index contributed by atoms with van der Waals surface area (Å²) in [6, 6.07) is 4.92. The molecule has 86 valence electrons. The number of nitrogens with one attached hydrogen (secondary N) is 1.